The Hall–Kier alpha value is -0.650. The van der Waals surface area contributed by atoms with Gasteiger partial charge in [-0.15, -0.1) is 12.4 Å². The zero-order chi connectivity index (χ0) is 11.3. The highest BCUT2D eigenvalue weighted by atomic mass is 35.5. The summed E-state index contributed by atoms with van der Waals surface area (Å²) < 4.78 is 0. The van der Waals surface area contributed by atoms with E-state index in [1.165, 1.54) is 0 Å². The molecule has 1 fully saturated rings. The predicted octanol–water partition coefficient (Wildman–Crippen LogP) is 0.620. The molecule has 0 heterocycles. The third-order valence-electron chi connectivity index (χ3n) is 2.63. The number of carbonyl (C=O) groups is 1. The Morgan fingerprint density at radius 3 is 2.75 bits per heavy atom. The Bertz CT molecular complexity index is 248. The molecule has 5 nitrogen and oxygen atoms in total. The molecule has 1 aliphatic rings. The Balaban J connectivity index is 0.00000225. The molecule has 1 unspecified atom stereocenters. The lowest BCUT2D eigenvalue weighted by atomic mass is 10.1. The molecule has 0 aromatic rings. The highest BCUT2D eigenvalue weighted by molar-refractivity contribution is 5.98. The van der Waals surface area contributed by atoms with Crippen LogP contribution in [0.3, 0.4) is 0 Å². The minimum absolute atomic E-state index is 0. The van der Waals surface area contributed by atoms with Crippen molar-refractivity contribution in [2.24, 2.45) is 11.7 Å². The first kappa shape index (κ1) is 15.3. The van der Waals surface area contributed by atoms with Crippen LogP contribution in [0.5, 0.6) is 0 Å². The standard InChI is InChI=1S/C10H19N3O2.ClH/c11-8(10(14)15)3-1-2-4-13-6-7-5-9(7)12;/h7-8,12-13H,1-6,11H2,(H,14,15);1H/t7?,8-;/m0./s1. The van der Waals surface area contributed by atoms with Crippen LogP contribution in [0.4, 0.5) is 0 Å². The van der Waals surface area contributed by atoms with Gasteiger partial charge in [0.1, 0.15) is 6.04 Å². The molecule has 5 N–H and O–H groups in total. The van der Waals surface area contributed by atoms with E-state index in [0.29, 0.717) is 12.3 Å². The van der Waals surface area contributed by atoms with Gasteiger partial charge >= 0.3 is 5.97 Å². The van der Waals surface area contributed by atoms with E-state index in [-0.39, 0.29) is 12.4 Å². The molecule has 1 aliphatic carbocycles. The Morgan fingerprint density at radius 2 is 2.25 bits per heavy atom. The van der Waals surface area contributed by atoms with E-state index < -0.39 is 12.0 Å². The molecule has 0 amide bonds. The maximum absolute atomic E-state index is 10.4. The third-order valence-corrected chi connectivity index (χ3v) is 2.63. The summed E-state index contributed by atoms with van der Waals surface area (Å²) in [6.07, 6.45) is 3.26. The zero-order valence-corrected chi connectivity index (χ0v) is 10.1. The summed E-state index contributed by atoms with van der Waals surface area (Å²) in [6.45, 7) is 1.78. The van der Waals surface area contributed by atoms with E-state index in [1.54, 1.807) is 0 Å². The second-order valence-corrected chi connectivity index (χ2v) is 4.07. The number of carboxylic acids is 1. The minimum Gasteiger partial charge on any atom is -0.480 e. The van der Waals surface area contributed by atoms with Gasteiger partial charge in [0.05, 0.1) is 0 Å². The lowest BCUT2D eigenvalue weighted by Gasteiger charge is -2.06. The second-order valence-electron chi connectivity index (χ2n) is 4.07. The summed E-state index contributed by atoms with van der Waals surface area (Å²) in [5.74, 6) is -0.458. The minimum atomic E-state index is -0.922. The number of rotatable bonds is 8. The maximum Gasteiger partial charge on any atom is 0.320 e. The maximum atomic E-state index is 10.4. The predicted molar refractivity (Wildman–Crippen MR) is 65.4 cm³/mol. The molecule has 0 bridgehead atoms. The number of carboxylic acid groups (broad SMARTS) is 1. The fourth-order valence-corrected chi connectivity index (χ4v) is 1.42. The van der Waals surface area contributed by atoms with Crippen LogP contribution in [-0.2, 0) is 4.79 Å². The monoisotopic (exact) mass is 249 g/mol. The second kappa shape index (κ2) is 7.60. The van der Waals surface area contributed by atoms with E-state index in [9.17, 15) is 4.79 Å². The molecule has 0 radical (unpaired) electrons. The van der Waals surface area contributed by atoms with Crippen molar-refractivity contribution >= 4 is 24.1 Å². The first-order valence-electron chi connectivity index (χ1n) is 5.37. The molecule has 2 atom stereocenters. The number of nitrogens with one attached hydrogen (secondary N) is 2. The number of unbranched alkanes of at least 4 members (excludes halogenated alkanes) is 1. The summed E-state index contributed by atoms with van der Waals surface area (Å²) in [4.78, 5) is 10.4. The van der Waals surface area contributed by atoms with Crippen molar-refractivity contribution in [3.05, 3.63) is 0 Å². The molecule has 0 aromatic carbocycles. The summed E-state index contributed by atoms with van der Waals surface area (Å²) in [5, 5.41) is 19.0. The van der Waals surface area contributed by atoms with Crippen LogP contribution in [0, 0.1) is 11.3 Å². The quantitative estimate of drug-likeness (QED) is 0.474. The molecule has 16 heavy (non-hydrogen) atoms. The Kier molecular flexibility index (Phi) is 7.29. The largest absolute Gasteiger partial charge is 0.480 e. The number of hydrogen-bond acceptors (Lipinski definition) is 4. The smallest absolute Gasteiger partial charge is 0.320 e. The van der Waals surface area contributed by atoms with Gasteiger partial charge in [0.15, 0.2) is 0 Å². The van der Waals surface area contributed by atoms with E-state index >= 15 is 0 Å². The van der Waals surface area contributed by atoms with Crippen molar-refractivity contribution in [3.8, 4) is 0 Å². The molecule has 0 spiro atoms. The van der Waals surface area contributed by atoms with Crippen LogP contribution in [0.25, 0.3) is 0 Å². The van der Waals surface area contributed by atoms with Crippen LogP contribution in [0.15, 0.2) is 0 Å². The fraction of sp³-hybridized carbons (Fsp3) is 0.800. The van der Waals surface area contributed by atoms with Crippen molar-refractivity contribution in [3.63, 3.8) is 0 Å². The van der Waals surface area contributed by atoms with E-state index in [4.69, 9.17) is 16.2 Å². The lowest BCUT2D eigenvalue weighted by Crippen LogP contribution is -2.30. The van der Waals surface area contributed by atoms with Gasteiger partial charge in [0.2, 0.25) is 0 Å². The summed E-state index contributed by atoms with van der Waals surface area (Å²) in [5.41, 5.74) is 6.20. The van der Waals surface area contributed by atoms with Crippen molar-refractivity contribution < 1.29 is 9.90 Å². The average Bonchev–Trinajstić information content (AvgIpc) is 2.87. The number of hydrogen-bond donors (Lipinski definition) is 4. The molecule has 1 rings (SSSR count). The van der Waals surface area contributed by atoms with Gasteiger partial charge in [0, 0.05) is 18.2 Å². The normalized spacial score (nSPS) is 20.1. The van der Waals surface area contributed by atoms with Crippen LogP contribution >= 0.6 is 12.4 Å². The highest BCUT2D eigenvalue weighted by Gasteiger charge is 2.28. The number of halogens is 1. The molecule has 94 valence electrons. The molecule has 6 heteroatoms. The molecule has 1 saturated carbocycles. The number of aliphatic carboxylic acids is 1. The van der Waals surface area contributed by atoms with E-state index in [1.807, 2.05) is 0 Å². The van der Waals surface area contributed by atoms with Crippen molar-refractivity contribution in [2.75, 3.05) is 13.1 Å². The molecule has 0 saturated heterocycles. The van der Waals surface area contributed by atoms with Gasteiger partial charge in [0.25, 0.3) is 0 Å². The lowest BCUT2D eigenvalue weighted by molar-refractivity contribution is -0.138. The first-order chi connectivity index (χ1) is 7.11. The van der Waals surface area contributed by atoms with Crippen LogP contribution in [-0.4, -0.2) is 35.9 Å². The van der Waals surface area contributed by atoms with Gasteiger partial charge in [-0.05, 0) is 25.8 Å². The van der Waals surface area contributed by atoms with Crippen molar-refractivity contribution in [2.45, 2.75) is 31.7 Å². The first-order valence-corrected chi connectivity index (χ1v) is 5.37. The zero-order valence-electron chi connectivity index (χ0n) is 9.24. The van der Waals surface area contributed by atoms with E-state index in [2.05, 4.69) is 5.32 Å². The summed E-state index contributed by atoms with van der Waals surface area (Å²) in [7, 11) is 0. The third kappa shape index (κ3) is 6.05. The van der Waals surface area contributed by atoms with Crippen LogP contribution < -0.4 is 11.1 Å². The van der Waals surface area contributed by atoms with Gasteiger partial charge in [-0.1, -0.05) is 6.42 Å². The topological polar surface area (TPSA) is 99.2 Å². The van der Waals surface area contributed by atoms with Crippen molar-refractivity contribution in [1.29, 1.82) is 5.41 Å². The molecule has 0 aromatic heterocycles. The van der Waals surface area contributed by atoms with Crippen LogP contribution in [0.2, 0.25) is 0 Å². The average molecular weight is 250 g/mol. The Labute approximate surface area is 102 Å². The van der Waals surface area contributed by atoms with Gasteiger partial charge in [-0.2, -0.15) is 0 Å². The summed E-state index contributed by atoms with van der Waals surface area (Å²) >= 11 is 0. The fourth-order valence-electron chi connectivity index (χ4n) is 1.42. The molecular weight excluding hydrogens is 230 g/mol. The molecule has 0 aliphatic heterocycles. The Morgan fingerprint density at radius 1 is 1.62 bits per heavy atom. The van der Waals surface area contributed by atoms with Gasteiger partial charge < -0.3 is 21.6 Å². The summed E-state index contributed by atoms with van der Waals surface area (Å²) in [6, 6.07) is -0.721. The van der Waals surface area contributed by atoms with Gasteiger partial charge in [-0.25, -0.2) is 0 Å². The number of nitrogens with two attached hydrogens (primary N) is 1. The van der Waals surface area contributed by atoms with Crippen LogP contribution in [0.1, 0.15) is 25.7 Å². The SMILES string of the molecule is Cl.N=C1CC1CNCCCC[C@H](N)C(=O)O. The van der Waals surface area contributed by atoms with Crippen molar-refractivity contribution in [1.82, 2.24) is 5.32 Å². The molecular formula is C10H20ClN3O2. The van der Waals surface area contributed by atoms with E-state index in [0.717, 1.165) is 38.1 Å². The van der Waals surface area contributed by atoms with Gasteiger partial charge in [-0.3, -0.25) is 4.79 Å². The highest BCUT2D eigenvalue weighted by Crippen LogP contribution is 2.22.